The van der Waals surface area contributed by atoms with Crippen LogP contribution in [0.5, 0.6) is 0 Å². The number of amides is 1. The Morgan fingerprint density at radius 2 is 1.95 bits per heavy atom. The van der Waals surface area contributed by atoms with Crippen molar-refractivity contribution in [2.45, 2.75) is 44.6 Å². The molecule has 1 atom stereocenters. The van der Waals surface area contributed by atoms with Crippen molar-refractivity contribution in [1.29, 1.82) is 0 Å². The molecule has 3 fully saturated rings. The molecule has 0 aromatic carbocycles. The summed E-state index contributed by atoms with van der Waals surface area (Å²) in [5.74, 6) is 1.29. The summed E-state index contributed by atoms with van der Waals surface area (Å²) in [6.45, 7) is 5.21. The third kappa shape index (κ3) is 3.93. The van der Waals surface area contributed by atoms with E-state index in [-0.39, 0.29) is 5.92 Å². The molecule has 0 aromatic heterocycles. The van der Waals surface area contributed by atoms with Crippen molar-refractivity contribution in [3.8, 4) is 0 Å². The smallest absolute Gasteiger partial charge is 0.223 e. The van der Waals surface area contributed by atoms with Gasteiger partial charge in [0, 0.05) is 25.1 Å². The van der Waals surface area contributed by atoms with Crippen LogP contribution in [0.2, 0.25) is 0 Å². The summed E-state index contributed by atoms with van der Waals surface area (Å²) >= 11 is 0. The van der Waals surface area contributed by atoms with E-state index >= 15 is 0 Å². The molecule has 4 nitrogen and oxygen atoms in total. The molecule has 1 saturated carbocycles. The molecule has 0 spiro atoms. The highest BCUT2D eigenvalue weighted by molar-refractivity contribution is 5.79. The number of nitrogens with one attached hydrogen (secondary N) is 1. The molecule has 3 aliphatic rings. The fraction of sp³-hybridized carbons (Fsp3) is 0.933. The Balaban J connectivity index is 1.37. The highest BCUT2D eigenvalue weighted by Gasteiger charge is 2.30. The van der Waals surface area contributed by atoms with E-state index in [0.717, 1.165) is 45.7 Å². The van der Waals surface area contributed by atoms with E-state index in [1.54, 1.807) is 0 Å². The third-order valence-corrected chi connectivity index (χ3v) is 4.65. The summed E-state index contributed by atoms with van der Waals surface area (Å²) in [7, 11) is 0. The summed E-state index contributed by atoms with van der Waals surface area (Å²) in [6.07, 6.45) is 6.96. The lowest BCUT2D eigenvalue weighted by atomic mass is 9.94. The van der Waals surface area contributed by atoms with Gasteiger partial charge in [-0.25, -0.2) is 0 Å². The van der Waals surface area contributed by atoms with Crippen LogP contribution < -0.4 is 5.32 Å². The first-order valence-electron chi connectivity index (χ1n) is 7.92. The Morgan fingerprint density at radius 3 is 2.58 bits per heavy atom. The predicted octanol–water partition coefficient (Wildman–Crippen LogP) is 1.40. The van der Waals surface area contributed by atoms with Gasteiger partial charge >= 0.3 is 0 Å². The first-order valence-corrected chi connectivity index (χ1v) is 7.92. The van der Waals surface area contributed by atoms with Crippen LogP contribution in [0.1, 0.15) is 38.5 Å². The van der Waals surface area contributed by atoms with E-state index < -0.39 is 0 Å². The molecule has 2 saturated heterocycles. The molecule has 1 N–H and O–H groups in total. The molecule has 19 heavy (non-hydrogen) atoms. The van der Waals surface area contributed by atoms with Gasteiger partial charge in [0.05, 0.1) is 6.61 Å². The number of ether oxygens (including phenoxy) is 1. The Hall–Kier alpha value is -0.610. The van der Waals surface area contributed by atoms with Gasteiger partial charge in [-0.15, -0.1) is 0 Å². The molecule has 2 aliphatic heterocycles. The number of hydrogen-bond donors (Lipinski definition) is 1. The molecule has 4 heteroatoms. The van der Waals surface area contributed by atoms with Crippen molar-refractivity contribution < 1.29 is 9.53 Å². The van der Waals surface area contributed by atoms with Crippen molar-refractivity contribution in [2.24, 2.45) is 11.8 Å². The zero-order valence-corrected chi connectivity index (χ0v) is 11.8. The summed E-state index contributed by atoms with van der Waals surface area (Å²) in [4.78, 5) is 14.5. The van der Waals surface area contributed by atoms with Gasteiger partial charge in [-0.1, -0.05) is 0 Å². The van der Waals surface area contributed by atoms with Crippen molar-refractivity contribution in [3.63, 3.8) is 0 Å². The quantitative estimate of drug-likeness (QED) is 0.836. The molecule has 0 bridgehead atoms. The second kappa shape index (κ2) is 6.23. The lowest BCUT2D eigenvalue weighted by molar-refractivity contribution is -0.126. The van der Waals surface area contributed by atoms with E-state index in [1.807, 2.05) is 0 Å². The maximum Gasteiger partial charge on any atom is 0.223 e. The van der Waals surface area contributed by atoms with Crippen LogP contribution >= 0.6 is 0 Å². The van der Waals surface area contributed by atoms with Crippen LogP contribution in [-0.2, 0) is 9.53 Å². The lowest BCUT2D eigenvalue weighted by Crippen LogP contribution is -2.43. The minimum Gasteiger partial charge on any atom is -0.381 e. The van der Waals surface area contributed by atoms with Gasteiger partial charge in [-0.05, 0) is 57.5 Å². The normalized spacial score (nSPS) is 30.2. The van der Waals surface area contributed by atoms with Gasteiger partial charge in [0.2, 0.25) is 5.91 Å². The fourth-order valence-corrected chi connectivity index (χ4v) is 3.24. The second-order valence-corrected chi connectivity index (χ2v) is 6.44. The summed E-state index contributed by atoms with van der Waals surface area (Å²) < 4.78 is 5.54. The SMILES string of the molecule is O=C(NC1CC1)C1CCN(CC2CCCOC2)CC1. The van der Waals surface area contributed by atoms with Gasteiger partial charge < -0.3 is 15.0 Å². The van der Waals surface area contributed by atoms with E-state index in [9.17, 15) is 4.79 Å². The summed E-state index contributed by atoms with van der Waals surface area (Å²) in [5, 5.41) is 3.14. The van der Waals surface area contributed by atoms with Crippen molar-refractivity contribution in [2.75, 3.05) is 32.8 Å². The van der Waals surface area contributed by atoms with E-state index in [2.05, 4.69) is 10.2 Å². The molecule has 0 aromatic rings. The van der Waals surface area contributed by atoms with Crippen molar-refractivity contribution in [3.05, 3.63) is 0 Å². The molecular formula is C15H26N2O2. The van der Waals surface area contributed by atoms with Crippen LogP contribution in [0, 0.1) is 11.8 Å². The molecule has 2 heterocycles. The molecule has 0 radical (unpaired) electrons. The van der Waals surface area contributed by atoms with Crippen LogP contribution in [0.4, 0.5) is 0 Å². The molecule has 3 rings (SSSR count). The zero-order chi connectivity index (χ0) is 13.1. The Bertz CT molecular complexity index is 303. The number of likely N-dealkylation sites (tertiary alicyclic amines) is 1. The molecule has 1 unspecified atom stereocenters. The van der Waals surface area contributed by atoms with Crippen molar-refractivity contribution >= 4 is 5.91 Å². The minimum atomic E-state index is 0.263. The zero-order valence-electron chi connectivity index (χ0n) is 11.8. The van der Waals surface area contributed by atoms with Crippen LogP contribution in [0.25, 0.3) is 0 Å². The van der Waals surface area contributed by atoms with Gasteiger partial charge in [0.25, 0.3) is 0 Å². The van der Waals surface area contributed by atoms with Crippen molar-refractivity contribution in [1.82, 2.24) is 10.2 Å². The maximum absolute atomic E-state index is 12.0. The van der Waals surface area contributed by atoms with Crippen LogP contribution in [-0.4, -0.2) is 49.7 Å². The number of hydrogen-bond acceptors (Lipinski definition) is 3. The molecule has 1 amide bonds. The van der Waals surface area contributed by atoms with Gasteiger partial charge in [-0.2, -0.15) is 0 Å². The van der Waals surface area contributed by atoms with E-state index in [0.29, 0.717) is 17.9 Å². The fourth-order valence-electron chi connectivity index (χ4n) is 3.24. The number of piperidine rings is 1. The summed E-state index contributed by atoms with van der Waals surface area (Å²) in [6, 6.07) is 0.505. The highest BCUT2D eigenvalue weighted by Crippen LogP contribution is 2.24. The standard InChI is InChI=1S/C15H26N2O2/c18-15(16-14-3-4-14)13-5-7-17(8-6-13)10-12-2-1-9-19-11-12/h12-14H,1-11H2,(H,16,18). The molecular weight excluding hydrogens is 240 g/mol. The lowest BCUT2D eigenvalue weighted by Gasteiger charge is -2.34. The van der Waals surface area contributed by atoms with E-state index in [1.165, 1.54) is 25.7 Å². The molecule has 1 aliphatic carbocycles. The topological polar surface area (TPSA) is 41.6 Å². The average Bonchev–Trinajstić information content (AvgIpc) is 3.25. The monoisotopic (exact) mass is 266 g/mol. The highest BCUT2D eigenvalue weighted by atomic mass is 16.5. The Labute approximate surface area is 115 Å². The first kappa shape index (κ1) is 13.4. The van der Waals surface area contributed by atoms with Crippen LogP contribution in [0.15, 0.2) is 0 Å². The van der Waals surface area contributed by atoms with Crippen LogP contribution in [0.3, 0.4) is 0 Å². The third-order valence-electron chi connectivity index (χ3n) is 4.65. The Kier molecular flexibility index (Phi) is 4.38. The van der Waals surface area contributed by atoms with E-state index in [4.69, 9.17) is 4.74 Å². The maximum atomic E-state index is 12.0. The van der Waals surface area contributed by atoms with Gasteiger partial charge in [0.1, 0.15) is 0 Å². The Morgan fingerprint density at radius 1 is 1.16 bits per heavy atom. The summed E-state index contributed by atoms with van der Waals surface area (Å²) in [5.41, 5.74) is 0. The molecule has 108 valence electrons. The van der Waals surface area contributed by atoms with Gasteiger partial charge in [-0.3, -0.25) is 4.79 Å². The minimum absolute atomic E-state index is 0.263. The number of carbonyl (C=O) groups is 1. The first-order chi connectivity index (χ1) is 9.31. The second-order valence-electron chi connectivity index (χ2n) is 6.44. The number of rotatable bonds is 4. The average molecular weight is 266 g/mol. The largest absolute Gasteiger partial charge is 0.381 e. The van der Waals surface area contributed by atoms with Gasteiger partial charge in [0.15, 0.2) is 0 Å². The number of carbonyl (C=O) groups excluding carboxylic acids is 1. The number of nitrogens with zero attached hydrogens (tertiary/aromatic N) is 1. The predicted molar refractivity (Wildman–Crippen MR) is 73.9 cm³/mol.